The van der Waals surface area contributed by atoms with Crippen molar-refractivity contribution in [1.29, 1.82) is 0 Å². The lowest BCUT2D eigenvalue weighted by Crippen LogP contribution is -2.02. The molecule has 2 rings (SSSR count). The minimum Gasteiger partial charge on any atom is -0.465 e. The maximum Gasteiger partial charge on any atom is 0.339 e. The fourth-order valence-electron chi connectivity index (χ4n) is 1.63. The van der Waals surface area contributed by atoms with E-state index in [-0.39, 0.29) is 16.3 Å². The Morgan fingerprint density at radius 3 is 2.84 bits per heavy atom. The number of rotatable bonds is 2. The molecule has 0 saturated heterocycles. The minimum atomic E-state index is -0.664. The molecule has 0 unspecified atom stereocenters. The van der Waals surface area contributed by atoms with E-state index in [1.54, 1.807) is 6.07 Å². The highest BCUT2D eigenvalue weighted by atomic mass is 35.5. The van der Waals surface area contributed by atoms with E-state index in [9.17, 15) is 4.79 Å². The molecule has 1 heterocycles. The van der Waals surface area contributed by atoms with Crippen LogP contribution in [0.1, 0.15) is 10.4 Å². The van der Waals surface area contributed by atoms with Crippen LogP contribution in [0.3, 0.4) is 0 Å². The van der Waals surface area contributed by atoms with Crippen LogP contribution in [-0.4, -0.2) is 18.1 Å². The zero-order valence-corrected chi connectivity index (χ0v) is 11.1. The molecular weight excluding hydrogens is 291 g/mol. The van der Waals surface area contributed by atoms with Crippen molar-refractivity contribution >= 4 is 45.8 Å². The van der Waals surface area contributed by atoms with Gasteiger partial charge in [-0.25, -0.2) is 4.79 Å². The number of hydrogen-bond donors (Lipinski definition) is 0. The summed E-state index contributed by atoms with van der Waals surface area (Å²) in [4.78, 5) is 18.4. The van der Waals surface area contributed by atoms with Crippen LogP contribution in [0.25, 0.3) is 21.3 Å². The molecule has 0 radical (unpaired) electrons. The average molecular weight is 297 g/mol. The van der Waals surface area contributed by atoms with Crippen molar-refractivity contribution in [3.05, 3.63) is 44.4 Å². The van der Waals surface area contributed by atoms with Gasteiger partial charge in [0.15, 0.2) is 0 Å². The van der Waals surface area contributed by atoms with Crippen LogP contribution in [0.2, 0.25) is 10.0 Å². The Morgan fingerprint density at radius 1 is 1.47 bits per heavy atom. The van der Waals surface area contributed by atoms with Crippen LogP contribution >= 0.6 is 23.2 Å². The zero-order chi connectivity index (χ0) is 14.0. The summed E-state index contributed by atoms with van der Waals surface area (Å²) in [5.74, 6) is -0.664. The number of nitrogens with zero attached hydrogens (tertiary/aromatic N) is 4. The Labute approximate surface area is 117 Å². The first-order valence-electron chi connectivity index (χ1n) is 4.99. The highest BCUT2D eigenvalue weighted by Crippen LogP contribution is 2.36. The van der Waals surface area contributed by atoms with Crippen molar-refractivity contribution in [1.82, 2.24) is 4.98 Å². The van der Waals surface area contributed by atoms with Crippen molar-refractivity contribution in [3.8, 4) is 0 Å². The van der Waals surface area contributed by atoms with Crippen LogP contribution in [-0.2, 0) is 4.74 Å². The summed E-state index contributed by atoms with van der Waals surface area (Å²) in [6.45, 7) is 0. The topological polar surface area (TPSA) is 88.0 Å². The van der Waals surface area contributed by atoms with Gasteiger partial charge in [0, 0.05) is 21.5 Å². The summed E-state index contributed by atoms with van der Waals surface area (Å²) in [6.07, 6.45) is 1.25. The third-order valence-corrected chi connectivity index (χ3v) is 2.93. The van der Waals surface area contributed by atoms with E-state index in [1.807, 2.05) is 0 Å². The summed E-state index contributed by atoms with van der Waals surface area (Å²) in [5.41, 5.74) is 9.15. The molecule has 0 N–H and O–H groups in total. The maximum absolute atomic E-state index is 11.6. The molecule has 0 bridgehead atoms. The predicted molar refractivity (Wildman–Crippen MR) is 71.9 cm³/mol. The van der Waals surface area contributed by atoms with Gasteiger partial charge in [0.1, 0.15) is 0 Å². The highest BCUT2D eigenvalue weighted by molar-refractivity contribution is 6.39. The molecule has 2 aromatic rings. The SMILES string of the molecule is COC(=O)c1cnc2cc(Cl)cc(Cl)c2c1N=[N+]=[N-]. The van der Waals surface area contributed by atoms with Crippen molar-refractivity contribution < 1.29 is 9.53 Å². The Morgan fingerprint density at radius 2 is 2.21 bits per heavy atom. The number of carbonyl (C=O) groups excluding carboxylic acids is 1. The lowest BCUT2D eigenvalue weighted by atomic mass is 10.1. The second-order valence-electron chi connectivity index (χ2n) is 3.48. The van der Waals surface area contributed by atoms with Crippen molar-refractivity contribution in [2.75, 3.05) is 7.11 Å². The molecule has 0 fully saturated rings. The summed E-state index contributed by atoms with van der Waals surface area (Å²) in [6, 6.07) is 3.03. The third-order valence-electron chi connectivity index (χ3n) is 2.41. The Kier molecular flexibility index (Phi) is 3.76. The minimum absolute atomic E-state index is 0.0389. The standard InChI is InChI=1S/C11H6Cl2N4O2/c1-19-11(18)6-4-15-8-3-5(12)2-7(13)9(8)10(6)16-17-14/h2-4H,1H3. The quantitative estimate of drug-likeness (QED) is 0.359. The molecule has 8 heteroatoms. The van der Waals surface area contributed by atoms with E-state index in [1.165, 1.54) is 19.4 Å². The van der Waals surface area contributed by atoms with Crippen LogP contribution in [0.5, 0.6) is 0 Å². The molecule has 0 saturated carbocycles. The lowest BCUT2D eigenvalue weighted by molar-refractivity contribution is 0.0601. The molecule has 0 aliphatic carbocycles. The van der Waals surface area contributed by atoms with E-state index in [2.05, 4.69) is 19.7 Å². The van der Waals surface area contributed by atoms with E-state index in [0.717, 1.165) is 0 Å². The number of fused-ring (bicyclic) bond motifs is 1. The summed E-state index contributed by atoms with van der Waals surface area (Å²) >= 11 is 11.9. The number of esters is 1. The average Bonchev–Trinajstić information content (AvgIpc) is 2.37. The molecule has 6 nitrogen and oxygen atoms in total. The second-order valence-corrected chi connectivity index (χ2v) is 4.33. The van der Waals surface area contributed by atoms with Crippen LogP contribution in [0, 0.1) is 0 Å². The van der Waals surface area contributed by atoms with Crippen molar-refractivity contribution in [2.45, 2.75) is 0 Å². The fraction of sp³-hybridized carbons (Fsp3) is 0.0909. The molecule has 96 valence electrons. The molecule has 0 spiro atoms. The first-order valence-corrected chi connectivity index (χ1v) is 5.75. The van der Waals surface area contributed by atoms with Gasteiger partial charge in [-0.15, -0.1) is 0 Å². The number of pyridine rings is 1. The Bertz CT molecular complexity index is 726. The molecule has 0 amide bonds. The van der Waals surface area contributed by atoms with Gasteiger partial charge >= 0.3 is 5.97 Å². The van der Waals surface area contributed by atoms with Gasteiger partial charge in [-0.05, 0) is 17.7 Å². The number of ether oxygens (including phenoxy) is 1. The number of benzene rings is 1. The predicted octanol–water partition coefficient (Wildman–Crippen LogP) is 4.27. The van der Waals surface area contributed by atoms with Crippen molar-refractivity contribution in [2.24, 2.45) is 5.11 Å². The van der Waals surface area contributed by atoms with Gasteiger partial charge in [-0.3, -0.25) is 4.98 Å². The van der Waals surface area contributed by atoms with Crippen LogP contribution in [0.15, 0.2) is 23.4 Å². The largest absolute Gasteiger partial charge is 0.465 e. The monoisotopic (exact) mass is 296 g/mol. The fourth-order valence-corrected chi connectivity index (χ4v) is 2.21. The van der Waals surface area contributed by atoms with Gasteiger partial charge in [-0.2, -0.15) is 0 Å². The van der Waals surface area contributed by atoms with E-state index in [4.69, 9.17) is 28.7 Å². The molecule has 0 atom stereocenters. The van der Waals surface area contributed by atoms with E-state index >= 15 is 0 Å². The lowest BCUT2D eigenvalue weighted by Gasteiger charge is -2.08. The van der Waals surface area contributed by atoms with E-state index < -0.39 is 5.97 Å². The molecule has 1 aromatic heterocycles. The summed E-state index contributed by atoms with van der Waals surface area (Å²) in [7, 11) is 1.22. The smallest absolute Gasteiger partial charge is 0.339 e. The normalized spacial score (nSPS) is 10.1. The van der Waals surface area contributed by atoms with Gasteiger partial charge in [0.25, 0.3) is 0 Å². The van der Waals surface area contributed by atoms with Gasteiger partial charge < -0.3 is 4.74 Å². The van der Waals surface area contributed by atoms with Crippen LogP contribution in [0.4, 0.5) is 5.69 Å². The van der Waals surface area contributed by atoms with Crippen LogP contribution < -0.4 is 0 Å². The molecular formula is C11H6Cl2N4O2. The number of azide groups is 1. The third kappa shape index (κ3) is 2.42. The van der Waals surface area contributed by atoms with Gasteiger partial charge in [-0.1, -0.05) is 28.3 Å². The highest BCUT2D eigenvalue weighted by Gasteiger charge is 2.17. The summed E-state index contributed by atoms with van der Waals surface area (Å²) in [5, 5.41) is 4.49. The van der Waals surface area contributed by atoms with Crippen molar-refractivity contribution in [3.63, 3.8) is 0 Å². The molecule has 0 aliphatic rings. The number of methoxy groups -OCH3 is 1. The first kappa shape index (κ1) is 13.4. The zero-order valence-electron chi connectivity index (χ0n) is 9.59. The molecule has 19 heavy (non-hydrogen) atoms. The number of halogens is 2. The number of carbonyl (C=O) groups is 1. The van der Waals surface area contributed by atoms with Gasteiger partial charge in [0.2, 0.25) is 0 Å². The maximum atomic E-state index is 11.6. The molecule has 0 aliphatic heterocycles. The second kappa shape index (κ2) is 5.32. The molecule has 1 aromatic carbocycles. The number of hydrogen-bond acceptors (Lipinski definition) is 4. The number of aromatic nitrogens is 1. The Balaban J connectivity index is 2.91. The van der Waals surface area contributed by atoms with Gasteiger partial charge in [0.05, 0.1) is 28.9 Å². The Hall–Kier alpha value is -2.01. The summed E-state index contributed by atoms with van der Waals surface area (Å²) < 4.78 is 4.60. The van der Waals surface area contributed by atoms with E-state index in [0.29, 0.717) is 15.9 Å². The first-order chi connectivity index (χ1) is 9.08.